The molecule has 3 unspecified atom stereocenters. The van der Waals surface area contributed by atoms with Gasteiger partial charge in [-0.15, -0.1) is 0 Å². The van der Waals surface area contributed by atoms with Gasteiger partial charge in [-0.2, -0.15) is 0 Å². The molecule has 1 fully saturated rings. The van der Waals surface area contributed by atoms with Gasteiger partial charge in [0.2, 0.25) is 0 Å². The van der Waals surface area contributed by atoms with Crippen LogP contribution in [-0.2, 0) is 9.47 Å². The van der Waals surface area contributed by atoms with Gasteiger partial charge in [0, 0.05) is 19.8 Å². The quantitative estimate of drug-likeness (QED) is 0.843. The second kappa shape index (κ2) is 6.88. The Morgan fingerprint density at radius 3 is 2.78 bits per heavy atom. The molecule has 0 amide bonds. The molecule has 0 spiro atoms. The zero-order valence-electron chi connectivity index (χ0n) is 11.0. The van der Waals surface area contributed by atoms with E-state index in [9.17, 15) is 0 Å². The molecular formula is C15H23NO2. The number of methoxy groups -OCH3 is 1. The molecule has 2 rings (SSSR count). The molecule has 1 heterocycles. The Morgan fingerprint density at radius 1 is 1.39 bits per heavy atom. The fourth-order valence-corrected chi connectivity index (χ4v) is 2.60. The van der Waals surface area contributed by atoms with Crippen LogP contribution in [0.1, 0.15) is 37.4 Å². The van der Waals surface area contributed by atoms with Crippen molar-refractivity contribution in [3.63, 3.8) is 0 Å². The van der Waals surface area contributed by atoms with Crippen LogP contribution in [0.4, 0.5) is 0 Å². The lowest BCUT2D eigenvalue weighted by molar-refractivity contribution is 0.0629. The van der Waals surface area contributed by atoms with Gasteiger partial charge in [0.25, 0.3) is 0 Å². The van der Waals surface area contributed by atoms with E-state index in [4.69, 9.17) is 15.2 Å². The largest absolute Gasteiger partial charge is 0.378 e. The van der Waals surface area contributed by atoms with E-state index in [0.717, 1.165) is 25.0 Å². The molecule has 0 saturated carbocycles. The monoisotopic (exact) mass is 249 g/mol. The highest BCUT2D eigenvalue weighted by atomic mass is 16.5. The topological polar surface area (TPSA) is 44.5 Å². The summed E-state index contributed by atoms with van der Waals surface area (Å²) >= 11 is 0. The van der Waals surface area contributed by atoms with Gasteiger partial charge < -0.3 is 15.2 Å². The minimum Gasteiger partial charge on any atom is -0.378 e. The van der Waals surface area contributed by atoms with E-state index in [2.05, 4.69) is 12.1 Å². The van der Waals surface area contributed by atoms with Crippen molar-refractivity contribution in [1.29, 1.82) is 0 Å². The fraction of sp³-hybridized carbons (Fsp3) is 0.600. The number of benzene rings is 1. The normalized spacial score (nSPS) is 22.9. The number of ether oxygens (including phenoxy) is 2. The van der Waals surface area contributed by atoms with Gasteiger partial charge in [0.05, 0.1) is 12.2 Å². The van der Waals surface area contributed by atoms with Crippen molar-refractivity contribution in [3.05, 3.63) is 35.9 Å². The first-order valence-corrected chi connectivity index (χ1v) is 6.76. The van der Waals surface area contributed by atoms with E-state index < -0.39 is 0 Å². The van der Waals surface area contributed by atoms with Gasteiger partial charge >= 0.3 is 0 Å². The molecule has 3 heteroatoms. The maximum Gasteiger partial charge on any atom is 0.0971 e. The van der Waals surface area contributed by atoms with E-state index in [1.54, 1.807) is 7.11 Å². The van der Waals surface area contributed by atoms with E-state index >= 15 is 0 Å². The van der Waals surface area contributed by atoms with Crippen LogP contribution in [-0.4, -0.2) is 25.9 Å². The Kier molecular flexibility index (Phi) is 5.17. The Morgan fingerprint density at radius 2 is 2.17 bits per heavy atom. The predicted octanol–water partition coefficient (Wildman–Crippen LogP) is 2.66. The third-order valence-electron chi connectivity index (χ3n) is 3.62. The van der Waals surface area contributed by atoms with Crippen LogP contribution in [0.2, 0.25) is 0 Å². The maximum absolute atomic E-state index is 6.26. The van der Waals surface area contributed by atoms with Crippen molar-refractivity contribution >= 4 is 0 Å². The highest BCUT2D eigenvalue weighted by Crippen LogP contribution is 2.24. The van der Waals surface area contributed by atoms with Crippen LogP contribution in [0.25, 0.3) is 0 Å². The first-order chi connectivity index (χ1) is 8.81. The van der Waals surface area contributed by atoms with Gasteiger partial charge in [-0.1, -0.05) is 30.3 Å². The van der Waals surface area contributed by atoms with Crippen LogP contribution in [0.15, 0.2) is 30.3 Å². The molecule has 1 aromatic carbocycles. The summed E-state index contributed by atoms with van der Waals surface area (Å²) < 4.78 is 11.2. The summed E-state index contributed by atoms with van der Waals surface area (Å²) in [6, 6.07) is 10.2. The second-order valence-electron chi connectivity index (χ2n) is 4.94. The van der Waals surface area contributed by atoms with Crippen molar-refractivity contribution in [3.8, 4) is 0 Å². The zero-order chi connectivity index (χ0) is 12.8. The summed E-state index contributed by atoms with van der Waals surface area (Å²) in [4.78, 5) is 0. The molecule has 1 saturated heterocycles. The smallest absolute Gasteiger partial charge is 0.0971 e. The first-order valence-electron chi connectivity index (χ1n) is 6.76. The Labute approximate surface area is 109 Å². The molecule has 3 atom stereocenters. The molecule has 1 aliphatic heterocycles. The molecular weight excluding hydrogens is 226 g/mol. The molecule has 18 heavy (non-hydrogen) atoms. The third kappa shape index (κ3) is 3.55. The minimum atomic E-state index is -0.0207. The van der Waals surface area contributed by atoms with E-state index in [1.807, 2.05) is 18.2 Å². The Balaban J connectivity index is 1.87. The van der Waals surface area contributed by atoms with Crippen molar-refractivity contribution in [2.75, 3.05) is 13.7 Å². The molecule has 0 bridgehead atoms. The van der Waals surface area contributed by atoms with Crippen LogP contribution in [0, 0.1) is 0 Å². The van der Waals surface area contributed by atoms with Crippen molar-refractivity contribution < 1.29 is 9.47 Å². The lowest BCUT2D eigenvalue weighted by Crippen LogP contribution is -2.30. The van der Waals surface area contributed by atoms with Gasteiger partial charge in [-0.05, 0) is 31.2 Å². The molecule has 1 aliphatic rings. The summed E-state index contributed by atoms with van der Waals surface area (Å²) in [6.07, 6.45) is 4.73. The van der Waals surface area contributed by atoms with Crippen LogP contribution in [0.3, 0.4) is 0 Å². The van der Waals surface area contributed by atoms with Crippen LogP contribution >= 0.6 is 0 Å². The molecule has 2 N–H and O–H groups in total. The highest BCUT2D eigenvalue weighted by molar-refractivity contribution is 5.19. The van der Waals surface area contributed by atoms with Crippen molar-refractivity contribution in [2.24, 2.45) is 5.73 Å². The number of rotatable bonds is 6. The average molecular weight is 249 g/mol. The van der Waals surface area contributed by atoms with Crippen LogP contribution in [0.5, 0.6) is 0 Å². The summed E-state index contributed by atoms with van der Waals surface area (Å²) in [5.41, 5.74) is 7.41. The Bertz CT molecular complexity index is 336. The summed E-state index contributed by atoms with van der Waals surface area (Å²) in [6.45, 7) is 0.909. The first kappa shape index (κ1) is 13.5. The SMILES string of the molecule is COC(c1ccccc1)C(N)CCC1CCCO1. The predicted molar refractivity (Wildman–Crippen MR) is 72.4 cm³/mol. The zero-order valence-corrected chi connectivity index (χ0v) is 11.0. The van der Waals surface area contributed by atoms with Crippen molar-refractivity contribution in [1.82, 2.24) is 0 Å². The summed E-state index contributed by atoms with van der Waals surface area (Å²) in [5.74, 6) is 0. The summed E-state index contributed by atoms with van der Waals surface area (Å²) in [5, 5.41) is 0. The molecule has 3 nitrogen and oxygen atoms in total. The third-order valence-corrected chi connectivity index (χ3v) is 3.62. The van der Waals surface area contributed by atoms with Crippen LogP contribution < -0.4 is 5.73 Å². The minimum absolute atomic E-state index is 0.0207. The second-order valence-corrected chi connectivity index (χ2v) is 4.94. The maximum atomic E-state index is 6.26. The number of hydrogen-bond acceptors (Lipinski definition) is 3. The van der Waals surface area contributed by atoms with E-state index in [1.165, 1.54) is 12.8 Å². The molecule has 0 radical (unpaired) electrons. The van der Waals surface area contributed by atoms with E-state index in [0.29, 0.717) is 6.10 Å². The molecule has 0 aromatic heterocycles. The van der Waals surface area contributed by atoms with Crippen molar-refractivity contribution in [2.45, 2.75) is 43.9 Å². The average Bonchev–Trinajstić information content (AvgIpc) is 2.92. The Hall–Kier alpha value is -0.900. The number of nitrogens with two attached hydrogens (primary N) is 1. The van der Waals surface area contributed by atoms with Gasteiger partial charge in [-0.3, -0.25) is 0 Å². The molecule has 1 aromatic rings. The lowest BCUT2D eigenvalue weighted by atomic mass is 9.97. The fourth-order valence-electron chi connectivity index (χ4n) is 2.60. The van der Waals surface area contributed by atoms with Gasteiger partial charge in [-0.25, -0.2) is 0 Å². The molecule has 0 aliphatic carbocycles. The lowest BCUT2D eigenvalue weighted by Gasteiger charge is -2.24. The highest BCUT2D eigenvalue weighted by Gasteiger charge is 2.22. The van der Waals surface area contributed by atoms with E-state index in [-0.39, 0.29) is 12.1 Å². The van der Waals surface area contributed by atoms with Gasteiger partial charge in [0.15, 0.2) is 0 Å². The standard InChI is InChI=1S/C15H23NO2/c1-17-15(12-6-3-2-4-7-12)14(16)10-9-13-8-5-11-18-13/h2-4,6-7,13-15H,5,8-11,16H2,1H3. The summed E-state index contributed by atoms with van der Waals surface area (Å²) in [7, 11) is 1.73. The number of hydrogen-bond donors (Lipinski definition) is 1. The van der Waals surface area contributed by atoms with Gasteiger partial charge in [0.1, 0.15) is 0 Å². The molecule has 100 valence electrons.